The molecule has 2 N–H and O–H groups in total. The molecule has 33 heavy (non-hydrogen) atoms. The lowest BCUT2D eigenvalue weighted by atomic mass is 10.1. The predicted molar refractivity (Wildman–Crippen MR) is 126 cm³/mol. The second-order valence-corrected chi connectivity index (χ2v) is 9.16. The number of carbonyl (C=O) groups is 2. The number of morpholine rings is 1. The number of amides is 3. The Balaban J connectivity index is 1.36. The predicted octanol–water partition coefficient (Wildman–Crippen LogP) is 2.35. The van der Waals surface area contributed by atoms with Crippen molar-refractivity contribution in [1.29, 1.82) is 0 Å². The van der Waals surface area contributed by atoms with E-state index in [0.717, 1.165) is 49.6 Å². The lowest BCUT2D eigenvalue weighted by Gasteiger charge is -2.28. The third-order valence-electron chi connectivity index (χ3n) is 5.75. The molecule has 0 aliphatic carbocycles. The maximum absolute atomic E-state index is 12.4. The van der Waals surface area contributed by atoms with Crippen LogP contribution in [0.15, 0.2) is 23.4 Å². The number of imide groups is 1. The van der Waals surface area contributed by atoms with Gasteiger partial charge in [-0.1, -0.05) is 17.8 Å². The lowest BCUT2D eigenvalue weighted by molar-refractivity contribution is -0.117. The van der Waals surface area contributed by atoms with Crippen molar-refractivity contribution in [2.45, 2.75) is 44.5 Å². The minimum Gasteiger partial charge on any atom is -0.378 e. The van der Waals surface area contributed by atoms with Crippen molar-refractivity contribution in [3.05, 3.63) is 29.3 Å². The van der Waals surface area contributed by atoms with Crippen LogP contribution in [0.5, 0.6) is 0 Å². The number of hydrogen-bond donors (Lipinski definition) is 2. The van der Waals surface area contributed by atoms with Crippen molar-refractivity contribution in [3.63, 3.8) is 0 Å². The summed E-state index contributed by atoms with van der Waals surface area (Å²) in [6, 6.07) is 5.05. The van der Waals surface area contributed by atoms with Crippen molar-refractivity contribution in [2.75, 3.05) is 48.9 Å². The highest BCUT2D eigenvalue weighted by molar-refractivity contribution is 7.99. The van der Waals surface area contributed by atoms with Gasteiger partial charge in [0.05, 0.1) is 31.6 Å². The zero-order valence-electron chi connectivity index (χ0n) is 19.0. The van der Waals surface area contributed by atoms with E-state index in [1.807, 2.05) is 36.6 Å². The molecule has 10 nitrogen and oxygen atoms in total. The lowest BCUT2D eigenvalue weighted by Crippen LogP contribution is -2.38. The normalized spacial score (nSPS) is 18.4. The topological polar surface area (TPSA) is 111 Å². The van der Waals surface area contributed by atoms with E-state index in [-0.39, 0.29) is 11.9 Å². The number of nitrogens with zero attached hydrogens (tertiary/aromatic N) is 4. The highest BCUT2D eigenvalue weighted by atomic mass is 32.2. The van der Waals surface area contributed by atoms with Crippen LogP contribution in [0.4, 0.5) is 16.4 Å². The fourth-order valence-corrected chi connectivity index (χ4v) is 4.55. The summed E-state index contributed by atoms with van der Waals surface area (Å²) < 4.78 is 13.3. The standard InChI is InChI=1S/C22H30N6O4S/c1-15-5-6-17(12-16(15)2)23-20(30)24-19(29)14-33-22-26-25-21(27-7-10-31-11-8-27)28(22)13-18-4-3-9-32-18/h5-6,12,18H,3-4,7-11,13-14H2,1-2H3,(H2,23,24,29,30). The zero-order chi connectivity index (χ0) is 23.2. The molecule has 4 rings (SSSR count). The maximum atomic E-state index is 12.4. The monoisotopic (exact) mass is 474 g/mol. The summed E-state index contributed by atoms with van der Waals surface area (Å²) in [6.45, 7) is 8.15. The van der Waals surface area contributed by atoms with Gasteiger partial charge in [0.25, 0.3) is 0 Å². The van der Waals surface area contributed by atoms with E-state index in [0.29, 0.717) is 30.6 Å². The van der Waals surface area contributed by atoms with Crippen molar-refractivity contribution in [2.24, 2.45) is 0 Å². The highest BCUT2D eigenvalue weighted by Gasteiger charge is 2.25. The molecule has 1 atom stereocenters. The number of benzene rings is 1. The second-order valence-electron chi connectivity index (χ2n) is 8.22. The van der Waals surface area contributed by atoms with E-state index in [1.165, 1.54) is 11.8 Å². The van der Waals surface area contributed by atoms with Gasteiger partial charge in [-0.05, 0) is 49.9 Å². The SMILES string of the molecule is Cc1ccc(NC(=O)NC(=O)CSc2nnc(N3CCOCC3)n2CC2CCCO2)cc1C. The van der Waals surface area contributed by atoms with Crippen LogP contribution in [-0.2, 0) is 20.8 Å². The Hall–Kier alpha value is -2.63. The maximum Gasteiger partial charge on any atom is 0.325 e. The van der Waals surface area contributed by atoms with Crippen LogP contribution in [0, 0.1) is 13.8 Å². The molecule has 0 saturated carbocycles. The summed E-state index contributed by atoms with van der Waals surface area (Å²) in [5.74, 6) is 0.415. The Morgan fingerprint density at radius 2 is 1.97 bits per heavy atom. The van der Waals surface area contributed by atoms with Crippen molar-refractivity contribution < 1.29 is 19.1 Å². The van der Waals surface area contributed by atoms with E-state index in [4.69, 9.17) is 9.47 Å². The molecule has 1 unspecified atom stereocenters. The molecule has 3 heterocycles. The summed E-state index contributed by atoms with van der Waals surface area (Å²) in [5, 5.41) is 14.4. The number of rotatable bonds is 7. The fourth-order valence-electron chi connectivity index (χ4n) is 3.81. The van der Waals surface area contributed by atoms with Gasteiger partial charge in [0, 0.05) is 25.4 Å². The van der Waals surface area contributed by atoms with Gasteiger partial charge in [0.1, 0.15) is 0 Å². The average molecular weight is 475 g/mol. The molecular formula is C22H30N6O4S. The number of anilines is 2. The van der Waals surface area contributed by atoms with Crippen LogP contribution >= 0.6 is 11.8 Å². The summed E-state index contributed by atoms with van der Waals surface area (Å²) in [4.78, 5) is 26.8. The van der Waals surface area contributed by atoms with Gasteiger partial charge in [-0.2, -0.15) is 0 Å². The van der Waals surface area contributed by atoms with Crippen LogP contribution < -0.4 is 15.5 Å². The van der Waals surface area contributed by atoms with Gasteiger partial charge in [-0.3, -0.25) is 14.7 Å². The molecule has 178 valence electrons. The van der Waals surface area contributed by atoms with Crippen LogP contribution in [-0.4, -0.2) is 71.5 Å². The molecular weight excluding hydrogens is 444 g/mol. The molecule has 2 fully saturated rings. The fraction of sp³-hybridized carbons (Fsp3) is 0.545. The van der Waals surface area contributed by atoms with Gasteiger partial charge in [0.15, 0.2) is 5.16 Å². The first-order valence-electron chi connectivity index (χ1n) is 11.2. The summed E-state index contributed by atoms with van der Waals surface area (Å²) in [7, 11) is 0. The Labute approximate surface area is 197 Å². The minimum absolute atomic E-state index is 0.0487. The molecule has 1 aromatic heterocycles. The molecule has 3 amide bonds. The van der Waals surface area contributed by atoms with Gasteiger partial charge >= 0.3 is 6.03 Å². The van der Waals surface area contributed by atoms with Crippen molar-refractivity contribution in [1.82, 2.24) is 20.1 Å². The Morgan fingerprint density at radius 3 is 2.70 bits per heavy atom. The molecule has 2 saturated heterocycles. The van der Waals surface area contributed by atoms with E-state index >= 15 is 0 Å². The van der Waals surface area contributed by atoms with E-state index in [2.05, 4.69) is 25.7 Å². The van der Waals surface area contributed by atoms with Crippen LogP contribution in [0.1, 0.15) is 24.0 Å². The summed E-state index contributed by atoms with van der Waals surface area (Å²) >= 11 is 1.26. The first kappa shape index (κ1) is 23.5. The zero-order valence-corrected chi connectivity index (χ0v) is 19.8. The number of aromatic nitrogens is 3. The molecule has 2 aromatic rings. The highest BCUT2D eigenvalue weighted by Crippen LogP contribution is 2.25. The number of ether oxygens (including phenoxy) is 2. The molecule has 0 radical (unpaired) electrons. The minimum atomic E-state index is -0.557. The van der Waals surface area contributed by atoms with Crippen molar-refractivity contribution >= 4 is 35.3 Å². The largest absolute Gasteiger partial charge is 0.378 e. The Kier molecular flexibility index (Phi) is 7.84. The quantitative estimate of drug-likeness (QED) is 0.589. The van der Waals surface area contributed by atoms with Crippen LogP contribution in [0.2, 0.25) is 0 Å². The number of nitrogens with one attached hydrogen (secondary N) is 2. The Bertz CT molecular complexity index is 985. The van der Waals surface area contributed by atoms with Gasteiger partial charge in [0.2, 0.25) is 11.9 Å². The third-order valence-corrected chi connectivity index (χ3v) is 6.72. The molecule has 11 heteroatoms. The number of aryl methyl sites for hydroxylation is 2. The number of urea groups is 1. The van der Waals surface area contributed by atoms with Gasteiger partial charge in [-0.15, -0.1) is 10.2 Å². The molecule has 2 aliphatic heterocycles. The smallest absolute Gasteiger partial charge is 0.325 e. The summed E-state index contributed by atoms with van der Waals surface area (Å²) in [5.41, 5.74) is 2.84. The average Bonchev–Trinajstić information content (AvgIpc) is 3.46. The van der Waals surface area contributed by atoms with E-state index in [9.17, 15) is 9.59 Å². The van der Waals surface area contributed by atoms with E-state index in [1.54, 1.807) is 0 Å². The van der Waals surface area contributed by atoms with Gasteiger partial charge in [-0.25, -0.2) is 4.79 Å². The second kappa shape index (κ2) is 11.0. The van der Waals surface area contributed by atoms with Crippen LogP contribution in [0.25, 0.3) is 0 Å². The van der Waals surface area contributed by atoms with E-state index < -0.39 is 11.9 Å². The third kappa shape index (κ3) is 6.24. The Morgan fingerprint density at radius 1 is 1.15 bits per heavy atom. The first-order valence-corrected chi connectivity index (χ1v) is 12.2. The number of thioether (sulfide) groups is 1. The molecule has 1 aromatic carbocycles. The molecule has 2 aliphatic rings. The molecule has 0 bridgehead atoms. The first-order chi connectivity index (χ1) is 16.0. The summed E-state index contributed by atoms with van der Waals surface area (Å²) in [6.07, 6.45) is 2.14. The molecule has 0 spiro atoms. The number of hydrogen-bond acceptors (Lipinski definition) is 8. The van der Waals surface area contributed by atoms with Crippen molar-refractivity contribution in [3.8, 4) is 0 Å². The van der Waals surface area contributed by atoms with Crippen LogP contribution in [0.3, 0.4) is 0 Å². The van der Waals surface area contributed by atoms with Gasteiger partial charge < -0.3 is 19.7 Å². The number of carbonyl (C=O) groups excluding carboxylic acids is 2.